The van der Waals surface area contributed by atoms with E-state index in [2.05, 4.69) is 10.3 Å². The predicted molar refractivity (Wildman–Crippen MR) is 148 cm³/mol. The molecule has 0 aliphatic carbocycles. The van der Waals surface area contributed by atoms with Crippen LogP contribution in [0.2, 0.25) is 0 Å². The normalized spacial score (nSPS) is 14.7. The SMILES string of the molecule is NS(=O)(=O)c1ccc(CCNC(=O)CSc2nc3ccccc3c(=O)n2C[C@@H]2COc3ccccc3O2)cc1. The lowest BCUT2D eigenvalue weighted by molar-refractivity contribution is -0.118. The zero-order valence-corrected chi connectivity index (χ0v) is 22.4. The first-order chi connectivity index (χ1) is 18.8. The highest BCUT2D eigenvalue weighted by Crippen LogP contribution is 2.31. The van der Waals surface area contributed by atoms with Crippen molar-refractivity contribution in [2.45, 2.75) is 29.1 Å². The number of thioether (sulfide) groups is 1. The van der Waals surface area contributed by atoms with Gasteiger partial charge in [-0.15, -0.1) is 0 Å². The van der Waals surface area contributed by atoms with Crippen molar-refractivity contribution in [1.29, 1.82) is 0 Å². The summed E-state index contributed by atoms with van der Waals surface area (Å²) < 4.78 is 36.2. The van der Waals surface area contributed by atoms with Crippen molar-refractivity contribution in [2.75, 3.05) is 18.9 Å². The van der Waals surface area contributed by atoms with Crippen LogP contribution in [0.3, 0.4) is 0 Å². The third-order valence-corrected chi connectivity index (χ3v) is 8.01. The second-order valence-corrected chi connectivity index (χ2v) is 11.4. The highest BCUT2D eigenvalue weighted by molar-refractivity contribution is 7.99. The van der Waals surface area contributed by atoms with Crippen molar-refractivity contribution < 1.29 is 22.7 Å². The molecule has 202 valence electrons. The molecule has 39 heavy (non-hydrogen) atoms. The summed E-state index contributed by atoms with van der Waals surface area (Å²) in [6, 6.07) is 20.7. The summed E-state index contributed by atoms with van der Waals surface area (Å²) in [5, 5.41) is 8.87. The molecule has 0 fully saturated rings. The number of primary sulfonamides is 1. The lowest BCUT2D eigenvalue weighted by Gasteiger charge is -2.27. The van der Waals surface area contributed by atoms with Crippen LogP contribution in [0.15, 0.2) is 87.6 Å². The standard InChI is InChI=1S/C27H26N4O6S2/c28-39(34,35)20-11-9-18(10-12-20)13-14-29-25(32)17-38-27-30-22-6-2-1-5-21(22)26(33)31(27)15-19-16-36-23-7-3-4-8-24(23)37-19/h1-12,19H,13-17H2,(H,29,32)(H2,28,34,35)/t19-/m1/s1. The molecule has 3 aromatic carbocycles. The molecule has 0 saturated carbocycles. The van der Waals surface area contributed by atoms with E-state index in [4.69, 9.17) is 14.6 Å². The summed E-state index contributed by atoms with van der Waals surface area (Å²) in [4.78, 5) is 30.7. The number of carbonyl (C=O) groups is 1. The molecular weight excluding hydrogens is 540 g/mol. The number of para-hydroxylation sites is 3. The minimum absolute atomic E-state index is 0.0371. The van der Waals surface area contributed by atoms with E-state index in [0.29, 0.717) is 40.5 Å². The van der Waals surface area contributed by atoms with Crippen LogP contribution in [-0.4, -0.2) is 48.9 Å². The van der Waals surface area contributed by atoms with Gasteiger partial charge in [-0.25, -0.2) is 18.5 Å². The van der Waals surface area contributed by atoms with Crippen LogP contribution in [0.1, 0.15) is 5.56 Å². The van der Waals surface area contributed by atoms with E-state index in [1.165, 1.54) is 28.5 Å². The Balaban J connectivity index is 1.25. The molecule has 1 atom stereocenters. The van der Waals surface area contributed by atoms with Crippen molar-refractivity contribution in [3.8, 4) is 11.5 Å². The fraction of sp³-hybridized carbons (Fsp3) is 0.222. The Kier molecular flexibility index (Phi) is 7.87. The van der Waals surface area contributed by atoms with Crippen LogP contribution in [0, 0.1) is 0 Å². The van der Waals surface area contributed by atoms with Gasteiger partial charge in [0.1, 0.15) is 6.61 Å². The Bertz CT molecular complexity index is 1670. The number of aromatic nitrogens is 2. The Hall–Kier alpha value is -3.87. The van der Waals surface area contributed by atoms with Crippen LogP contribution in [0.4, 0.5) is 0 Å². The van der Waals surface area contributed by atoms with Crippen LogP contribution in [0.5, 0.6) is 11.5 Å². The van der Waals surface area contributed by atoms with Crippen LogP contribution in [0.25, 0.3) is 10.9 Å². The number of carbonyl (C=O) groups excluding carboxylic acids is 1. The Morgan fingerprint density at radius 2 is 1.77 bits per heavy atom. The second-order valence-electron chi connectivity index (χ2n) is 8.90. The summed E-state index contributed by atoms with van der Waals surface area (Å²) in [6.45, 7) is 0.848. The molecule has 2 heterocycles. The number of amides is 1. The number of rotatable bonds is 9. The average molecular weight is 567 g/mol. The lowest BCUT2D eigenvalue weighted by atomic mass is 10.1. The van der Waals surface area contributed by atoms with Gasteiger partial charge in [-0.3, -0.25) is 14.2 Å². The molecule has 1 aromatic heterocycles. The van der Waals surface area contributed by atoms with Crippen LogP contribution >= 0.6 is 11.8 Å². The number of hydrogen-bond acceptors (Lipinski definition) is 8. The van der Waals surface area contributed by atoms with E-state index >= 15 is 0 Å². The molecule has 12 heteroatoms. The van der Waals surface area contributed by atoms with Gasteiger partial charge >= 0.3 is 0 Å². The van der Waals surface area contributed by atoms with Crippen molar-refractivity contribution in [3.63, 3.8) is 0 Å². The summed E-state index contributed by atoms with van der Waals surface area (Å²) in [7, 11) is -3.75. The van der Waals surface area contributed by atoms with Gasteiger partial charge in [0.05, 0.1) is 28.1 Å². The first kappa shape index (κ1) is 26.7. The van der Waals surface area contributed by atoms with E-state index in [0.717, 1.165) is 5.56 Å². The third-order valence-electron chi connectivity index (χ3n) is 6.10. The van der Waals surface area contributed by atoms with E-state index in [1.807, 2.05) is 30.3 Å². The van der Waals surface area contributed by atoms with E-state index in [9.17, 15) is 18.0 Å². The maximum atomic E-state index is 13.4. The fourth-order valence-corrected chi connectivity index (χ4v) is 5.50. The third kappa shape index (κ3) is 6.41. The Labute approximate surface area is 229 Å². The van der Waals surface area contributed by atoms with Gasteiger partial charge in [0.25, 0.3) is 5.56 Å². The first-order valence-corrected chi connectivity index (χ1v) is 14.7. The number of nitrogens with one attached hydrogen (secondary N) is 1. The molecule has 1 amide bonds. The number of ether oxygens (including phenoxy) is 2. The van der Waals surface area contributed by atoms with Gasteiger partial charge in [-0.1, -0.05) is 48.2 Å². The monoisotopic (exact) mass is 566 g/mol. The number of nitrogens with zero attached hydrogens (tertiary/aromatic N) is 2. The maximum absolute atomic E-state index is 13.4. The van der Waals surface area contributed by atoms with Crippen molar-refractivity contribution in [3.05, 3.63) is 88.7 Å². The maximum Gasteiger partial charge on any atom is 0.262 e. The Morgan fingerprint density at radius 3 is 2.54 bits per heavy atom. The zero-order chi connectivity index (χ0) is 27.4. The topological polar surface area (TPSA) is 143 Å². The molecule has 1 aliphatic rings. The van der Waals surface area contributed by atoms with Crippen molar-refractivity contribution >= 4 is 38.6 Å². The summed E-state index contributed by atoms with van der Waals surface area (Å²) >= 11 is 1.17. The van der Waals surface area contributed by atoms with E-state index < -0.39 is 16.1 Å². The van der Waals surface area contributed by atoms with Gasteiger partial charge in [-0.2, -0.15) is 0 Å². The molecule has 0 spiro atoms. The summed E-state index contributed by atoms with van der Waals surface area (Å²) in [5.74, 6) is 1.11. The zero-order valence-electron chi connectivity index (χ0n) is 20.8. The smallest absolute Gasteiger partial charge is 0.262 e. The largest absolute Gasteiger partial charge is 0.486 e. The molecule has 1 aliphatic heterocycles. The van der Waals surface area contributed by atoms with Crippen LogP contribution < -0.4 is 25.5 Å². The lowest BCUT2D eigenvalue weighted by Crippen LogP contribution is -2.37. The van der Waals surface area contributed by atoms with Gasteiger partial charge in [-0.05, 0) is 48.4 Å². The van der Waals surface area contributed by atoms with Gasteiger partial charge in [0, 0.05) is 6.54 Å². The van der Waals surface area contributed by atoms with E-state index in [1.54, 1.807) is 30.3 Å². The Morgan fingerprint density at radius 1 is 1.05 bits per heavy atom. The quantitative estimate of drug-likeness (QED) is 0.232. The number of hydrogen-bond donors (Lipinski definition) is 2. The first-order valence-electron chi connectivity index (χ1n) is 12.2. The molecule has 0 radical (unpaired) electrons. The molecular formula is C27H26N4O6S2. The molecule has 3 N–H and O–H groups in total. The minimum Gasteiger partial charge on any atom is -0.486 e. The minimum atomic E-state index is -3.75. The molecule has 5 rings (SSSR count). The molecule has 10 nitrogen and oxygen atoms in total. The molecule has 0 unspecified atom stereocenters. The molecule has 0 saturated heterocycles. The van der Waals surface area contributed by atoms with Crippen molar-refractivity contribution in [2.24, 2.45) is 5.14 Å². The fourth-order valence-electron chi connectivity index (χ4n) is 4.15. The average Bonchev–Trinajstić information content (AvgIpc) is 2.93. The number of nitrogens with two attached hydrogens (primary N) is 1. The number of benzene rings is 3. The number of fused-ring (bicyclic) bond motifs is 2. The van der Waals surface area contributed by atoms with Crippen molar-refractivity contribution in [1.82, 2.24) is 14.9 Å². The second kappa shape index (κ2) is 11.5. The molecule has 0 bridgehead atoms. The van der Waals surface area contributed by atoms with E-state index in [-0.39, 0.29) is 35.3 Å². The molecule has 4 aromatic rings. The predicted octanol–water partition coefficient (Wildman–Crippen LogP) is 2.33. The van der Waals surface area contributed by atoms with Crippen LogP contribution in [-0.2, 0) is 27.8 Å². The number of sulfonamides is 1. The van der Waals surface area contributed by atoms with Gasteiger partial charge in [0.15, 0.2) is 22.8 Å². The highest BCUT2D eigenvalue weighted by atomic mass is 32.2. The van der Waals surface area contributed by atoms with Gasteiger partial charge < -0.3 is 14.8 Å². The highest BCUT2D eigenvalue weighted by Gasteiger charge is 2.24. The van der Waals surface area contributed by atoms with Gasteiger partial charge in [0.2, 0.25) is 15.9 Å². The summed E-state index contributed by atoms with van der Waals surface area (Å²) in [6.07, 6.45) is 0.107. The summed E-state index contributed by atoms with van der Waals surface area (Å²) in [5.41, 5.74) is 1.20.